The van der Waals surface area contributed by atoms with Gasteiger partial charge in [-0.1, -0.05) is 13.8 Å². The van der Waals surface area contributed by atoms with E-state index in [0.29, 0.717) is 18.1 Å². The Balaban J connectivity index is 2.27. The Labute approximate surface area is 122 Å². The van der Waals surface area contributed by atoms with Crippen molar-refractivity contribution in [3.8, 4) is 11.6 Å². The molecule has 0 fully saturated rings. The molecule has 0 atom stereocenters. The zero-order valence-corrected chi connectivity index (χ0v) is 12.0. The minimum absolute atomic E-state index is 0.185. The van der Waals surface area contributed by atoms with E-state index in [1.165, 1.54) is 0 Å². The summed E-state index contributed by atoms with van der Waals surface area (Å²) in [6, 6.07) is 4.61. The summed E-state index contributed by atoms with van der Waals surface area (Å²) in [4.78, 5) is 8.46. The molecule has 0 aliphatic heterocycles. The molecular formula is C15H17F2N3O. The van der Waals surface area contributed by atoms with E-state index in [2.05, 4.69) is 15.3 Å². The number of rotatable bonds is 6. The zero-order valence-electron chi connectivity index (χ0n) is 12.0. The Morgan fingerprint density at radius 2 is 1.95 bits per heavy atom. The van der Waals surface area contributed by atoms with Gasteiger partial charge in [-0.15, -0.1) is 0 Å². The van der Waals surface area contributed by atoms with Crippen molar-refractivity contribution in [3.63, 3.8) is 0 Å². The summed E-state index contributed by atoms with van der Waals surface area (Å²) in [6.07, 6.45) is 1.56. The first-order chi connectivity index (χ1) is 10.1. The van der Waals surface area contributed by atoms with E-state index < -0.39 is 11.6 Å². The maximum Gasteiger partial charge on any atom is 0.224 e. The second-order valence-electron chi connectivity index (χ2n) is 4.46. The Bertz CT molecular complexity index is 620. The highest BCUT2D eigenvalue weighted by Crippen LogP contribution is 2.25. The standard InChI is InChI=1S/C15H17F2N3O/c1-3-7-18-14-9-15(20-13(4-2)19-14)21-12-8-10(16)5-6-11(12)17/h5-6,8-9H,3-4,7H2,1-2H3,(H,18,19,20). The van der Waals surface area contributed by atoms with Crippen molar-refractivity contribution in [2.75, 3.05) is 11.9 Å². The van der Waals surface area contributed by atoms with Crippen LogP contribution in [0.15, 0.2) is 24.3 Å². The van der Waals surface area contributed by atoms with Crippen molar-refractivity contribution in [2.24, 2.45) is 0 Å². The zero-order chi connectivity index (χ0) is 15.2. The molecule has 1 aromatic heterocycles. The van der Waals surface area contributed by atoms with Crippen molar-refractivity contribution in [1.82, 2.24) is 9.97 Å². The second kappa shape index (κ2) is 6.97. The minimum Gasteiger partial charge on any atom is -0.436 e. The lowest BCUT2D eigenvalue weighted by Gasteiger charge is -2.10. The average molecular weight is 293 g/mol. The van der Waals surface area contributed by atoms with Crippen LogP contribution in [0.2, 0.25) is 0 Å². The van der Waals surface area contributed by atoms with E-state index in [1.54, 1.807) is 6.07 Å². The molecule has 0 saturated carbocycles. The van der Waals surface area contributed by atoms with Gasteiger partial charge in [0.1, 0.15) is 17.5 Å². The molecule has 0 bridgehead atoms. The van der Waals surface area contributed by atoms with Crippen LogP contribution in [0.25, 0.3) is 0 Å². The summed E-state index contributed by atoms with van der Waals surface area (Å²) in [5.74, 6) is -0.0443. The van der Waals surface area contributed by atoms with Crippen molar-refractivity contribution < 1.29 is 13.5 Å². The van der Waals surface area contributed by atoms with Gasteiger partial charge >= 0.3 is 0 Å². The number of hydrogen-bond donors (Lipinski definition) is 1. The van der Waals surface area contributed by atoms with Crippen LogP contribution in [-0.4, -0.2) is 16.5 Å². The van der Waals surface area contributed by atoms with Gasteiger partial charge in [0.15, 0.2) is 11.6 Å². The van der Waals surface area contributed by atoms with E-state index in [4.69, 9.17) is 4.74 Å². The molecule has 6 heteroatoms. The maximum absolute atomic E-state index is 13.6. The molecule has 2 rings (SSSR count). The number of hydrogen-bond acceptors (Lipinski definition) is 4. The quantitative estimate of drug-likeness (QED) is 0.876. The van der Waals surface area contributed by atoms with Gasteiger partial charge < -0.3 is 10.1 Å². The lowest BCUT2D eigenvalue weighted by atomic mass is 10.3. The molecule has 112 valence electrons. The van der Waals surface area contributed by atoms with Crippen molar-refractivity contribution in [1.29, 1.82) is 0 Å². The molecule has 2 aromatic rings. The fourth-order valence-corrected chi connectivity index (χ4v) is 1.69. The van der Waals surface area contributed by atoms with Crippen LogP contribution in [0.4, 0.5) is 14.6 Å². The summed E-state index contributed by atoms with van der Waals surface area (Å²) in [7, 11) is 0. The first kappa shape index (κ1) is 15.2. The van der Waals surface area contributed by atoms with Crippen LogP contribution in [0, 0.1) is 11.6 Å². The van der Waals surface area contributed by atoms with Gasteiger partial charge in [-0.3, -0.25) is 0 Å². The lowest BCUT2D eigenvalue weighted by molar-refractivity contribution is 0.420. The van der Waals surface area contributed by atoms with E-state index in [9.17, 15) is 8.78 Å². The number of ether oxygens (including phenoxy) is 1. The molecule has 0 amide bonds. The second-order valence-corrected chi connectivity index (χ2v) is 4.46. The van der Waals surface area contributed by atoms with E-state index >= 15 is 0 Å². The Morgan fingerprint density at radius 3 is 2.67 bits per heavy atom. The van der Waals surface area contributed by atoms with Gasteiger partial charge in [0.05, 0.1) is 0 Å². The van der Waals surface area contributed by atoms with Crippen molar-refractivity contribution >= 4 is 5.82 Å². The van der Waals surface area contributed by atoms with E-state index in [1.807, 2.05) is 13.8 Å². The number of aromatic nitrogens is 2. The van der Waals surface area contributed by atoms with Gasteiger partial charge in [0.2, 0.25) is 5.88 Å². The molecule has 1 N–H and O–H groups in total. The minimum atomic E-state index is -0.642. The predicted molar refractivity (Wildman–Crippen MR) is 76.6 cm³/mol. The number of halogens is 2. The molecule has 0 unspecified atom stereocenters. The molecule has 1 aromatic carbocycles. The number of aryl methyl sites for hydroxylation is 1. The third-order valence-electron chi connectivity index (χ3n) is 2.73. The number of benzene rings is 1. The first-order valence-electron chi connectivity index (χ1n) is 6.87. The van der Waals surface area contributed by atoms with Crippen LogP contribution < -0.4 is 10.1 Å². The van der Waals surface area contributed by atoms with E-state index in [-0.39, 0.29) is 11.6 Å². The van der Waals surface area contributed by atoms with Gasteiger partial charge in [0.25, 0.3) is 0 Å². The molecular weight excluding hydrogens is 276 g/mol. The average Bonchev–Trinajstić information content (AvgIpc) is 2.48. The highest BCUT2D eigenvalue weighted by molar-refractivity contribution is 5.40. The fraction of sp³-hybridized carbons (Fsp3) is 0.333. The molecule has 0 saturated heterocycles. The lowest BCUT2D eigenvalue weighted by Crippen LogP contribution is -2.06. The largest absolute Gasteiger partial charge is 0.436 e. The molecule has 1 heterocycles. The van der Waals surface area contributed by atoms with Crippen LogP contribution in [0.5, 0.6) is 11.6 Å². The Hall–Kier alpha value is -2.24. The molecule has 0 aliphatic carbocycles. The molecule has 0 radical (unpaired) electrons. The summed E-state index contributed by atoms with van der Waals surface area (Å²) in [5, 5.41) is 3.12. The Kier molecular flexibility index (Phi) is 5.03. The third kappa shape index (κ3) is 4.11. The first-order valence-corrected chi connectivity index (χ1v) is 6.87. The Morgan fingerprint density at radius 1 is 1.14 bits per heavy atom. The van der Waals surface area contributed by atoms with Crippen LogP contribution in [-0.2, 0) is 6.42 Å². The summed E-state index contributed by atoms with van der Waals surface area (Å²) in [6.45, 7) is 4.70. The number of anilines is 1. The summed E-state index contributed by atoms with van der Waals surface area (Å²) in [5.41, 5.74) is 0. The van der Waals surface area contributed by atoms with Crippen molar-refractivity contribution in [3.05, 3.63) is 41.7 Å². The predicted octanol–water partition coefficient (Wildman–Crippen LogP) is 3.93. The topological polar surface area (TPSA) is 47.0 Å². The SMILES string of the molecule is CCCNc1cc(Oc2cc(F)ccc2F)nc(CC)n1. The van der Waals surface area contributed by atoms with Crippen LogP contribution >= 0.6 is 0 Å². The van der Waals surface area contributed by atoms with Gasteiger partial charge in [-0.05, 0) is 18.6 Å². The van der Waals surface area contributed by atoms with E-state index in [0.717, 1.165) is 31.2 Å². The van der Waals surface area contributed by atoms with Gasteiger partial charge in [-0.2, -0.15) is 4.98 Å². The molecule has 21 heavy (non-hydrogen) atoms. The number of nitrogens with one attached hydrogen (secondary N) is 1. The summed E-state index contributed by atoms with van der Waals surface area (Å²) < 4.78 is 32.1. The van der Waals surface area contributed by atoms with Crippen LogP contribution in [0.3, 0.4) is 0 Å². The molecule has 0 aliphatic rings. The molecule has 4 nitrogen and oxygen atoms in total. The smallest absolute Gasteiger partial charge is 0.224 e. The highest BCUT2D eigenvalue weighted by atomic mass is 19.1. The fourth-order valence-electron chi connectivity index (χ4n) is 1.69. The van der Waals surface area contributed by atoms with Gasteiger partial charge in [-0.25, -0.2) is 13.8 Å². The normalized spacial score (nSPS) is 10.5. The highest BCUT2D eigenvalue weighted by Gasteiger charge is 2.10. The maximum atomic E-state index is 13.6. The van der Waals surface area contributed by atoms with Gasteiger partial charge in [0, 0.05) is 25.1 Å². The van der Waals surface area contributed by atoms with Crippen LogP contribution in [0.1, 0.15) is 26.1 Å². The summed E-state index contributed by atoms with van der Waals surface area (Å²) >= 11 is 0. The third-order valence-corrected chi connectivity index (χ3v) is 2.73. The monoisotopic (exact) mass is 293 g/mol. The van der Waals surface area contributed by atoms with Crippen molar-refractivity contribution in [2.45, 2.75) is 26.7 Å². The number of nitrogens with zero attached hydrogens (tertiary/aromatic N) is 2. The molecule has 0 spiro atoms.